The quantitative estimate of drug-likeness (QED) is 0.874. The summed E-state index contributed by atoms with van der Waals surface area (Å²) in [5.41, 5.74) is -0.629. The van der Waals surface area contributed by atoms with E-state index >= 15 is 0 Å². The highest BCUT2D eigenvalue weighted by molar-refractivity contribution is 7.89. The summed E-state index contributed by atoms with van der Waals surface area (Å²) in [6, 6.07) is 4.64. The fourth-order valence-electron chi connectivity index (χ4n) is 2.23. The van der Waals surface area contributed by atoms with Gasteiger partial charge in [-0.15, -0.1) is 0 Å². The molecule has 1 aromatic rings. The molecule has 1 fully saturated rings. The first-order valence-electron chi connectivity index (χ1n) is 6.44. The molecule has 0 bridgehead atoms. The summed E-state index contributed by atoms with van der Waals surface area (Å²) < 4.78 is 26.3. The largest absolute Gasteiger partial charge is 0.390 e. The molecular formula is C13H17N3O3S. The predicted molar refractivity (Wildman–Crippen MR) is 72.2 cm³/mol. The molecule has 0 amide bonds. The molecule has 1 aliphatic heterocycles. The van der Waals surface area contributed by atoms with Gasteiger partial charge in [-0.05, 0) is 38.3 Å². The average Bonchev–Trinajstić information content (AvgIpc) is 2.60. The van der Waals surface area contributed by atoms with Gasteiger partial charge >= 0.3 is 0 Å². The van der Waals surface area contributed by atoms with Gasteiger partial charge < -0.3 is 5.11 Å². The number of aromatic nitrogens is 1. The van der Waals surface area contributed by atoms with Crippen molar-refractivity contribution in [2.45, 2.75) is 36.7 Å². The van der Waals surface area contributed by atoms with Gasteiger partial charge in [-0.2, -0.15) is 9.57 Å². The van der Waals surface area contributed by atoms with E-state index < -0.39 is 15.6 Å². The number of aliphatic hydroxyl groups is 1. The van der Waals surface area contributed by atoms with E-state index in [0.717, 1.165) is 0 Å². The molecule has 7 heteroatoms. The Morgan fingerprint density at radius 2 is 2.15 bits per heavy atom. The molecule has 20 heavy (non-hydrogen) atoms. The van der Waals surface area contributed by atoms with Gasteiger partial charge in [0.15, 0.2) is 0 Å². The van der Waals surface area contributed by atoms with Crippen LogP contribution in [0.3, 0.4) is 0 Å². The van der Waals surface area contributed by atoms with E-state index in [2.05, 4.69) is 4.98 Å². The highest BCUT2D eigenvalue weighted by Gasteiger charge is 2.31. The molecule has 0 saturated carbocycles. The van der Waals surface area contributed by atoms with Crippen molar-refractivity contribution < 1.29 is 13.5 Å². The summed E-state index contributed by atoms with van der Waals surface area (Å²) in [6.07, 6.45) is 2.83. The van der Waals surface area contributed by atoms with E-state index in [1.54, 1.807) is 6.92 Å². The first kappa shape index (κ1) is 14.9. The molecule has 2 heterocycles. The number of hydrogen-bond acceptors (Lipinski definition) is 5. The lowest BCUT2D eigenvalue weighted by Gasteiger charge is -2.22. The second-order valence-corrected chi connectivity index (χ2v) is 7.18. The van der Waals surface area contributed by atoms with Crippen molar-refractivity contribution in [1.82, 2.24) is 9.29 Å². The third-order valence-electron chi connectivity index (χ3n) is 3.51. The lowest BCUT2D eigenvalue weighted by Crippen LogP contribution is -2.33. The number of rotatable bonds is 2. The monoisotopic (exact) mass is 295 g/mol. The Kier molecular flexibility index (Phi) is 4.09. The Hall–Kier alpha value is -1.49. The van der Waals surface area contributed by atoms with E-state index in [-0.39, 0.29) is 17.1 Å². The highest BCUT2D eigenvalue weighted by Crippen LogP contribution is 2.25. The molecule has 0 aliphatic carbocycles. The van der Waals surface area contributed by atoms with Crippen LogP contribution >= 0.6 is 0 Å². The van der Waals surface area contributed by atoms with Gasteiger partial charge in [0, 0.05) is 19.3 Å². The summed E-state index contributed by atoms with van der Waals surface area (Å²) in [7, 11) is -3.61. The van der Waals surface area contributed by atoms with Crippen molar-refractivity contribution in [3.63, 3.8) is 0 Å². The van der Waals surface area contributed by atoms with Gasteiger partial charge in [-0.25, -0.2) is 13.4 Å². The van der Waals surface area contributed by atoms with E-state index in [4.69, 9.17) is 5.26 Å². The third-order valence-corrected chi connectivity index (χ3v) is 5.39. The maximum absolute atomic E-state index is 12.5. The summed E-state index contributed by atoms with van der Waals surface area (Å²) in [6.45, 7) is 2.40. The SMILES string of the molecule is CC1(O)CCCN(S(=O)(=O)c2ccc(C#N)nc2)CC1. The Morgan fingerprint density at radius 1 is 1.40 bits per heavy atom. The van der Waals surface area contributed by atoms with Crippen molar-refractivity contribution >= 4 is 10.0 Å². The molecule has 1 atom stereocenters. The van der Waals surface area contributed by atoms with Crippen LogP contribution in [0, 0.1) is 11.3 Å². The molecule has 6 nitrogen and oxygen atoms in total. The van der Waals surface area contributed by atoms with Crippen molar-refractivity contribution in [2.24, 2.45) is 0 Å². The van der Waals surface area contributed by atoms with E-state index in [0.29, 0.717) is 25.8 Å². The van der Waals surface area contributed by atoms with Crippen molar-refractivity contribution in [3.05, 3.63) is 24.0 Å². The lowest BCUT2D eigenvalue weighted by molar-refractivity contribution is 0.0465. The predicted octanol–water partition coefficient (Wildman–Crippen LogP) is 0.879. The van der Waals surface area contributed by atoms with Crippen LogP contribution in [0.5, 0.6) is 0 Å². The van der Waals surface area contributed by atoms with Gasteiger partial charge in [0.25, 0.3) is 0 Å². The maximum Gasteiger partial charge on any atom is 0.244 e. The number of hydrogen-bond donors (Lipinski definition) is 1. The molecule has 0 spiro atoms. The van der Waals surface area contributed by atoms with Gasteiger partial charge in [0.2, 0.25) is 10.0 Å². The van der Waals surface area contributed by atoms with Crippen LogP contribution in [0.2, 0.25) is 0 Å². The molecule has 1 N–H and O–H groups in total. The van der Waals surface area contributed by atoms with Crippen LogP contribution < -0.4 is 0 Å². The molecular weight excluding hydrogens is 278 g/mol. The van der Waals surface area contributed by atoms with E-state index in [9.17, 15) is 13.5 Å². The number of nitrogens with zero attached hydrogens (tertiary/aromatic N) is 3. The van der Waals surface area contributed by atoms with Crippen molar-refractivity contribution in [1.29, 1.82) is 5.26 Å². The summed E-state index contributed by atoms with van der Waals surface area (Å²) >= 11 is 0. The van der Waals surface area contributed by atoms with Crippen LogP contribution in [-0.4, -0.2) is 41.5 Å². The smallest absolute Gasteiger partial charge is 0.244 e. The van der Waals surface area contributed by atoms with Crippen LogP contribution in [0.25, 0.3) is 0 Å². The number of pyridine rings is 1. The van der Waals surface area contributed by atoms with Gasteiger partial charge in [-0.3, -0.25) is 0 Å². The van der Waals surface area contributed by atoms with Gasteiger partial charge in [0.05, 0.1) is 5.60 Å². The Bertz CT molecular complexity index is 617. The summed E-state index contributed by atoms with van der Waals surface area (Å²) in [4.78, 5) is 3.88. The molecule has 0 radical (unpaired) electrons. The van der Waals surface area contributed by atoms with Crippen LogP contribution in [0.1, 0.15) is 31.9 Å². The molecule has 1 saturated heterocycles. The Morgan fingerprint density at radius 3 is 2.75 bits per heavy atom. The summed E-state index contributed by atoms with van der Waals surface area (Å²) in [5.74, 6) is 0. The second-order valence-electron chi connectivity index (χ2n) is 5.25. The highest BCUT2D eigenvalue weighted by atomic mass is 32.2. The third kappa shape index (κ3) is 3.15. The minimum atomic E-state index is -3.61. The lowest BCUT2D eigenvalue weighted by atomic mass is 9.98. The standard InChI is InChI=1S/C13H17N3O3S/c1-13(17)5-2-7-16(8-6-13)20(18,19)12-4-3-11(9-14)15-10-12/h3-4,10,17H,2,5-8H2,1H3. The fourth-order valence-corrected chi connectivity index (χ4v) is 3.65. The van der Waals surface area contributed by atoms with E-state index in [1.807, 2.05) is 6.07 Å². The number of nitriles is 1. The van der Waals surface area contributed by atoms with Crippen molar-refractivity contribution in [2.75, 3.05) is 13.1 Å². The zero-order valence-corrected chi connectivity index (χ0v) is 12.1. The molecule has 1 unspecified atom stereocenters. The minimum absolute atomic E-state index is 0.0815. The Labute approximate surface area is 118 Å². The normalized spacial score (nSPS) is 24.9. The Balaban J connectivity index is 2.23. The molecule has 0 aromatic carbocycles. The second kappa shape index (κ2) is 5.48. The zero-order valence-electron chi connectivity index (χ0n) is 11.3. The first-order chi connectivity index (χ1) is 9.35. The van der Waals surface area contributed by atoms with Crippen LogP contribution in [0.4, 0.5) is 0 Å². The maximum atomic E-state index is 12.5. The number of sulfonamides is 1. The molecule has 1 aliphatic rings. The molecule has 2 rings (SSSR count). The van der Waals surface area contributed by atoms with Crippen LogP contribution in [0.15, 0.2) is 23.2 Å². The molecule has 1 aromatic heterocycles. The van der Waals surface area contributed by atoms with Gasteiger partial charge in [0.1, 0.15) is 16.7 Å². The van der Waals surface area contributed by atoms with Crippen LogP contribution in [-0.2, 0) is 10.0 Å². The average molecular weight is 295 g/mol. The minimum Gasteiger partial charge on any atom is -0.390 e. The first-order valence-corrected chi connectivity index (χ1v) is 7.88. The topological polar surface area (TPSA) is 94.3 Å². The van der Waals surface area contributed by atoms with E-state index in [1.165, 1.54) is 22.6 Å². The fraction of sp³-hybridized carbons (Fsp3) is 0.538. The summed E-state index contributed by atoms with van der Waals surface area (Å²) in [5, 5.41) is 18.7. The van der Waals surface area contributed by atoms with Gasteiger partial charge in [-0.1, -0.05) is 0 Å². The molecule has 108 valence electrons. The zero-order chi connectivity index (χ0) is 14.8. The van der Waals surface area contributed by atoms with Crippen molar-refractivity contribution in [3.8, 4) is 6.07 Å².